The van der Waals surface area contributed by atoms with E-state index in [4.69, 9.17) is 5.11 Å². The highest BCUT2D eigenvalue weighted by Crippen LogP contribution is 2.44. The Morgan fingerprint density at radius 3 is 2.71 bits per heavy atom. The van der Waals surface area contributed by atoms with Gasteiger partial charge in [-0.1, -0.05) is 6.92 Å². The molecule has 4 heteroatoms. The van der Waals surface area contributed by atoms with E-state index in [2.05, 4.69) is 5.32 Å². The first kappa shape index (κ1) is 11.9. The highest BCUT2D eigenvalue weighted by Gasteiger charge is 2.42. The van der Waals surface area contributed by atoms with E-state index >= 15 is 0 Å². The molecule has 1 aliphatic carbocycles. The minimum atomic E-state index is 0.0226. The van der Waals surface area contributed by atoms with E-state index in [1.807, 2.05) is 13.2 Å². The standard InChI is InChI=1S/C10H19NO2S/c1-8(5-14-2)9(13)11-6-10(7-12)3-4-10/h8,12H,3-7H2,1-2H3,(H,11,13). The zero-order chi connectivity index (χ0) is 10.6. The van der Waals surface area contributed by atoms with Crippen molar-refractivity contribution in [3.05, 3.63) is 0 Å². The Balaban J connectivity index is 2.20. The minimum absolute atomic E-state index is 0.0226. The molecular formula is C10H19NO2S. The second-order valence-electron chi connectivity index (χ2n) is 4.23. The molecule has 1 saturated carbocycles. The number of hydrogen-bond donors (Lipinski definition) is 2. The van der Waals surface area contributed by atoms with Crippen LogP contribution in [-0.2, 0) is 4.79 Å². The van der Waals surface area contributed by atoms with E-state index < -0.39 is 0 Å². The van der Waals surface area contributed by atoms with Crippen LogP contribution in [0.25, 0.3) is 0 Å². The van der Waals surface area contributed by atoms with Crippen molar-refractivity contribution in [1.82, 2.24) is 5.32 Å². The van der Waals surface area contributed by atoms with Gasteiger partial charge >= 0.3 is 0 Å². The largest absolute Gasteiger partial charge is 0.396 e. The zero-order valence-corrected chi connectivity index (χ0v) is 9.69. The Hall–Kier alpha value is -0.220. The monoisotopic (exact) mass is 217 g/mol. The van der Waals surface area contributed by atoms with E-state index in [9.17, 15) is 4.79 Å². The molecule has 0 aromatic heterocycles. The number of carbonyl (C=O) groups excluding carboxylic acids is 1. The van der Waals surface area contributed by atoms with Gasteiger partial charge in [-0.2, -0.15) is 11.8 Å². The maximum atomic E-state index is 11.5. The summed E-state index contributed by atoms with van der Waals surface area (Å²) in [6.07, 6.45) is 4.08. The van der Waals surface area contributed by atoms with Crippen LogP contribution in [0.3, 0.4) is 0 Å². The van der Waals surface area contributed by atoms with Gasteiger partial charge in [0.05, 0.1) is 6.61 Å². The first-order valence-electron chi connectivity index (χ1n) is 5.01. The molecular weight excluding hydrogens is 198 g/mol. The molecule has 0 bridgehead atoms. The lowest BCUT2D eigenvalue weighted by Crippen LogP contribution is -2.36. The van der Waals surface area contributed by atoms with Crippen molar-refractivity contribution in [2.45, 2.75) is 19.8 Å². The number of aliphatic hydroxyl groups excluding tert-OH is 1. The van der Waals surface area contributed by atoms with Gasteiger partial charge in [0.25, 0.3) is 0 Å². The van der Waals surface area contributed by atoms with Crippen molar-refractivity contribution in [3.63, 3.8) is 0 Å². The van der Waals surface area contributed by atoms with Gasteiger partial charge in [0.1, 0.15) is 0 Å². The molecule has 1 aliphatic rings. The molecule has 1 fully saturated rings. The molecule has 0 heterocycles. The van der Waals surface area contributed by atoms with Crippen LogP contribution in [0.2, 0.25) is 0 Å². The summed E-state index contributed by atoms with van der Waals surface area (Å²) in [7, 11) is 0. The highest BCUT2D eigenvalue weighted by molar-refractivity contribution is 7.98. The summed E-state index contributed by atoms with van der Waals surface area (Å²) >= 11 is 1.68. The van der Waals surface area contributed by atoms with Gasteiger partial charge in [0.15, 0.2) is 0 Å². The fourth-order valence-electron chi connectivity index (χ4n) is 1.34. The molecule has 2 N–H and O–H groups in total. The Labute approximate surface area is 89.6 Å². The predicted molar refractivity (Wildman–Crippen MR) is 59.3 cm³/mol. The van der Waals surface area contributed by atoms with Crippen molar-refractivity contribution >= 4 is 17.7 Å². The van der Waals surface area contributed by atoms with E-state index in [1.54, 1.807) is 11.8 Å². The van der Waals surface area contributed by atoms with Crippen LogP contribution in [0.4, 0.5) is 0 Å². The smallest absolute Gasteiger partial charge is 0.223 e. The number of rotatable bonds is 6. The van der Waals surface area contributed by atoms with Gasteiger partial charge in [0, 0.05) is 23.6 Å². The second kappa shape index (κ2) is 5.03. The molecule has 0 aromatic carbocycles. The number of amides is 1. The molecule has 0 saturated heterocycles. The van der Waals surface area contributed by atoms with Gasteiger partial charge in [-0.25, -0.2) is 0 Å². The summed E-state index contributed by atoms with van der Waals surface area (Å²) in [5.74, 6) is 1.04. The lowest BCUT2D eigenvalue weighted by Gasteiger charge is -2.15. The van der Waals surface area contributed by atoms with E-state index in [0.29, 0.717) is 6.54 Å². The molecule has 1 rings (SSSR count). The van der Waals surface area contributed by atoms with Crippen molar-refractivity contribution in [2.24, 2.45) is 11.3 Å². The molecule has 82 valence electrons. The van der Waals surface area contributed by atoms with Gasteiger partial charge in [0.2, 0.25) is 5.91 Å². The Morgan fingerprint density at radius 2 is 2.29 bits per heavy atom. The topological polar surface area (TPSA) is 49.3 Å². The van der Waals surface area contributed by atoms with Crippen molar-refractivity contribution in [2.75, 3.05) is 25.2 Å². The van der Waals surface area contributed by atoms with Crippen LogP contribution in [0.1, 0.15) is 19.8 Å². The SMILES string of the molecule is CSCC(C)C(=O)NCC1(CO)CC1. The molecule has 3 nitrogen and oxygen atoms in total. The number of thioether (sulfide) groups is 1. The van der Waals surface area contributed by atoms with E-state index in [-0.39, 0.29) is 23.8 Å². The summed E-state index contributed by atoms with van der Waals surface area (Å²) in [5, 5.41) is 12.0. The first-order chi connectivity index (χ1) is 6.63. The summed E-state index contributed by atoms with van der Waals surface area (Å²) in [6, 6.07) is 0. The second-order valence-corrected chi connectivity index (χ2v) is 5.14. The van der Waals surface area contributed by atoms with Crippen LogP contribution in [0.5, 0.6) is 0 Å². The molecule has 0 radical (unpaired) electrons. The van der Waals surface area contributed by atoms with Crippen LogP contribution in [-0.4, -0.2) is 36.2 Å². The lowest BCUT2D eigenvalue weighted by molar-refractivity contribution is -0.124. The molecule has 0 aliphatic heterocycles. The third-order valence-electron chi connectivity index (χ3n) is 2.79. The molecule has 0 aromatic rings. The fraction of sp³-hybridized carbons (Fsp3) is 0.900. The summed E-state index contributed by atoms with van der Waals surface area (Å²) in [6.45, 7) is 2.77. The average Bonchev–Trinajstić information content (AvgIpc) is 2.95. The molecule has 1 atom stereocenters. The minimum Gasteiger partial charge on any atom is -0.396 e. The number of hydrogen-bond acceptors (Lipinski definition) is 3. The van der Waals surface area contributed by atoms with Crippen LogP contribution in [0.15, 0.2) is 0 Å². The number of aliphatic hydroxyl groups is 1. The third kappa shape index (κ3) is 3.17. The summed E-state index contributed by atoms with van der Waals surface area (Å²) in [4.78, 5) is 11.5. The Bertz CT molecular complexity index is 204. The van der Waals surface area contributed by atoms with E-state index in [0.717, 1.165) is 18.6 Å². The molecule has 1 amide bonds. The van der Waals surface area contributed by atoms with Crippen LogP contribution < -0.4 is 5.32 Å². The maximum Gasteiger partial charge on any atom is 0.223 e. The third-order valence-corrected chi connectivity index (χ3v) is 3.63. The summed E-state index contributed by atoms with van der Waals surface area (Å²) in [5.41, 5.74) is 0.0226. The lowest BCUT2D eigenvalue weighted by atomic mass is 10.1. The zero-order valence-electron chi connectivity index (χ0n) is 8.88. The van der Waals surface area contributed by atoms with Gasteiger partial charge in [-0.15, -0.1) is 0 Å². The normalized spacial score (nSPS) is 20.2. The van der Waals surface area contributed by atoms with Gasteiger partial charge < -0.3 is 10.4 Å². The van der Waals surface area contributed by atoms with Crippen LogP contribution >= 0.6 is 11.8 Å². The Morgan fingerprint density at radius 1 is 1.64 bits per heavy atom. The maximum absolute atomic E-state index is 11.5. The van der Waals surface area contributed by atoms with Gasteiger partial charge in [-0.05, 0) is 19.1 Å². The average molecular weight is 217 g/mol. The first-order valence-corrected chi connectivity index (χ1v) is 6.40. The fourth-order valence-corrected chi connectivity index (χ4v) is 1.99. The molecule has 14 heavy (non-hydrogen) atoms. The number of nitrogens with one attached hydrogen (secondary N) is 1. The van der Waals surface area contributed by atoms with Crippen molar-refractivity contribution in [3.8, 4) is 0 Å². The van der Waals surface area contributed by atoms with Crippen molar-refractivity contribution in [1.29, 1.82) is 0 Å². The van der Waals surface area contributed by atoms with Crippen molar-refractivity contribution < 1.29 is 9.90 Å². The summed E-state index contributed by atoms with van der Waals surface area (Å²) < 4.78 is 0. The predicted octanol–water partition coefficient (Wildman–Crippen LogP) is 0.874. The quantitative estimate of drug-likeness (QED) is 0.694. The van der Waals surface area contributed by atoms with Crippen LogP contribution in [0, 0.1) is 11.3 Å². The molecule has 0 spiro atoms. The Kier molecular flexibility index (Phi) is 4.26. The van der Waals surface area contributed by atoms with E-state index in [1.165, 1.54) is 0 Å². The highest BCUT2D eigenvalue weighted by atomic mass is 32.2. The van der Waals surface area contributed by atoms with Gasteiger partial charge in [-0.3, -0.25) is 4.79 Å². The number of carbonyl (C=O) groups is 1. The molecule has 1 unspecified atom stereocenters.